The summed E-state index contributed by atoms with van der Waals surface area (Å²) in [7, 11) is -3.93. The number of hydrogen-bond acceptors (Lipinski definition) is 5. The van der Waals surface area contributed by atoms with E-state index >= 15 is 0 Å². The Kier molecular flexibility index (Phi) is 6.84. The van der Waals surface area contributed by atoms with E-state index in [2.05, 4.69) is 11.8 Å². The minimum absolute atomic E-state index is 0.0541. The highest BCUT2D eigenvalue weighted by Crippen LogP contribution is 2.38. The van der Waals surface area contributed by atoms with Crippen LogP contribution in [0.4, 0.5) is 0 Å². The topological polar surface area (TPSA) is 83.9 Å². The Hall–Kier alpha value is -1.69. The summed E-state index contributed by atoms with van der Waals surface area (Å²) in [6, 6.07) is 4.93. The van der Waals surface area contributed by atoms with Crippen LogP contribution in [0, 0.1) is 11.8 Å². The first kappa shape index (κ1) is 21.6. The lowest BCUT2D eigenvalue weighted by Gasteiger charge is -2.42. The minimum atomic E-state index is -3.93. The van der Waals surface area contributed by atoms with Crippen LogP contribution in [0.3, 0.4) is 0 Å². The summed E-state index contributed by atoms with van der Waals surface area (Å²) in [5.41, 5.74) is 0. The van der Waals surface area contributed by atoms with Crippen molar-refractivity contribution in [1.29, 1.82) is 0 Å². The maximum Gasteiger partial charge on any atom is 0.323 e. The number of carboxylic acids is 1. The van der Waals surface area contributed by atoms with Gasteiger partial charge in [-0.15, -0.1) is 5.92 Å². The van der Waals surface area contributed by atoms with E-state index in [0.29, 0.717) is 17.9 Å². The zero-order valence-corrected chi connectivity index (χ0v) is 17.6. The van der Waals surface area contributed by atoms with E-state index in [1.807, 2.05) is 6.92 Å². The fourth-order valence-corrected chi connectivity index (χ4v) is 6.09. The maximum atomic E-state index is 13.1. The molecule has 0 aliphatic carbocycles. The van der Waals surface area contributed by atoms with Gasteiger partial charge in [0.25, 0.3) is 0 Å². The Balaban J connectivity index is 2.30. The third-order valence-corrected chi connectivity index (χ3v) is 7.58. The molecule has 0 spiro atoms. The van der Waals surface area contributed by atoms with Crippen molar-refractivity contribution in [3.8, 4) is 17.6 Å². The van der Waals surface area contributed by atoms with Gasteiger partial charge in [0.05, 0.1) is 4.90 Å². The van der Waals surface area contributed by atoms with Gasteiger partial charge in [0.1, 0.15) is 11.8 Å². The van der Waals surface area contributed by atoms with E-state index in [1.54, 1.807) is 32.9 Å². The highest BCUT2D eigenvalue weighted by atomic mass is 32.2. The Morgan fingerprint density at radius 3 is 2.56 bits per heavy atom. The Morgan fingerprint density at radius 1 is 1.41 bits per heavy atom. The molecule has 1 aliphatic heterocycles. The molecule has 2 atom stereocenters. The first-order chi connectivity index (χ1) is 12.6. The summed E-state index contributed by atoms with van der Waals surface area (Å²) in [5.74, 6) is 5.67. The molecule has 2 rings (SSSR count). The molecule has 1 aromatic carbocycles. The Labute approximate surface area is 165 Å². The number of thioether (sulfide) groups is 1. The number of sulfonamides is 1. The monoisotopic (exact) mass is 411 g/mol. The summed E-state index contributed by atoms with van der Waals surface area (Å²) in [5, 5.41) is 9.62. The first-order valence-electron chi connectivity index (χ1n) is 8.71. The lowest BCUT2D eigenvalue weighted by Crippen LogP contribution is -2.58. The molecule has 1 saturated heterocycles. The van der Waals surface area contributed by atoms with Crippen LogP contribution in [-0.4, -0.2) is 53.0 Å². The van der Waals surface area contributed by atoms with E-state index < -0.39 is 26.8 Å². The van der Waals surface area contributed by atoms with Crippen molar-refractivity contribution >= 4 is 27.8 Å². The second-order valence-electron chi connectivity index (χ2n) is 6.69. The highest BCUT2D eigenvalue weighted by Gasteiger charge is 2.48. The number of benzene rings is 1. The molecule has 27 heavy (non-hydrogen) atoms. The summed E-state index contributed by atoms with van der Waals surface area (Å²) in [6.07, 6.45) is 0.454. The molecule has 8 heteroatoms. The van der Waals surface area contributed by atoms with Crippen molar-refractivity contribution in [1.82, 2.24) is 4.31 Å². The Bertz CT molecular complexity index is 837. The van der Waals surface area contributed by atoms with Crippen LogP contribution in [0.15, 0.2) is 29.2 Å². The zero-order chi connectivity index (χ0) is 20.2. The molecule has 0 amide bonds. The van der Waals surface area contributed by atoms with Gasteiger partial charge in [-0.05, 0) is 51.5 Å². The molecule has 1 fully saturated rings. The number of ether oxygens (including phenoxy) is 1. The summed E-state index contributed by atoms with van der Waals surface area (Å²) in [4.78, 5) is 11.8. The van der Waals surface area contributed by atoms with Crippen molar-refractivity contribution in [2.75, 3.05) is 12.3 Å². The van der Waals surface area contributed by atoms with Crippen molar-refractivity contribution in [2.24, 2.45) is 0 Å². The summed E-state index contributed by atoms with van der Waals surface area (Å²) >= 11 is 1.47. The number of carboxylic acid groups (broad SMARTS) is 1. The average Bonchev–Trinajstić information content (AvgIpc) is 2.60. The molecule has 1 aliphatic rings. The van der Waals surface area contributed by atoms with Crippen molar-refractivity contribution in [3.05, 3.63) is 24.3 Å². The second kappa shape index (κ2) is 8.55. The van der Waals surface area contributed by atoms with Gasteiger partial charge in [0.15, 0.2) is 6.10 Å². The van der Waals surface area contributed by atoms with Gasteiger partial charge in [-0.2, -0.15) is 16.1 Å². The van der Waals surface area contributed by atoms with Crippen LogP contribution in [-0.2, 0) is 14.8 Å². The van der Waals surface area contributed by atoms with Gasteiger partial charge < -0.3 is 9.84 Å². The normalized spacial score (nSPS) is 21.0. The smallest absolute Gasteiger partial charge is 0.323 e. The van der Waals surface area contributed by atoms with Crippen LogP contribution in [0.25, 0.3) is 0 Å². The van der Waals surface area contributed by atoms with E-state index in [1.165, 1.54) is 23.9 Å². The molecule has 0 radical (unpaired) electrons. The fraction of sp³-hybridized carbons (Fsp3) is 0.526. The SMILES string of the molecule is CC#CC(CC)Oc1ccc(S(=O)(=O)N2CCSC(C)(C)C2C(=O)O)cc1. The number of aliphatic carboxylic acids is 1. The van der Waals surface area contributed by atoms with Gasteiger partial charge >= 0.3 is 5.97 Å². The molecular weight excluding hydrogens is 386 g/mol. The predicted octanol–water partition coefficient (Wildman–Crippen LogP) is 2.84. The van der Waals surface area contributed by atoms with Gasteiger partial charge in [-0.25, -0.2) is 8.42 Å². The number of carbonyl (C=O) groups is 1. The average molecular weight is 412 g/mol. The minimum Gasteiger partial charge on any atom is -0.480 e. The Morgan fingerprint density at radius 2 is 2.04 bits per heavy atom. The van der Waals surface area contributed by atoms with Crippen LogP contribution in [0.1, 0.15) is 34.1 Å². The van der Waals surface area contributed by atoms with Crippen LogP contribution < -0.4 is 4.74 Å². The van der Waals surface area contributed by atoms with Gasteiger partial charge in [0.2, 0.25) is 10.0 Å². The van der Waals surface area contributed by atoms with Gasteiger partial charge in [-0.3, -0.25) is 4.79 Å². The largest absolute Gasteiger partial charge is 0.480 e. The lowest BCUT2D eigenvalue weighted by molar-refractivity contribution is -0.142. The van der Waals surface area contributed by atoms with Gasteiger partial charge in [0, 0.05) is 17.0 Å². The van der Waals surface area contributed by atoms with Crippen molar-refractivity contribution in [2.45, 2.75) is 55.9 Å². The molecule has 0 saturated carbocycles. The molecule has 0 bridgehead atoms. The summed E-state index contributed by atoms with van der Waals surface area (Å²) < 4.78 is 32.3. The van der Waals surface area contributed by atoms with E-state index in [9.17, 15) is 18.3 Å². The van der Waals surface area contributed by atoms with Crippen molar-refractivity contribution < 1.29 is 23.1 Å². The molecule has 1 heterocycles. The number of nitrogens with zero attached hydrogens (tertiary/aromatic N) is 1. The standard InChI is InChI=1S/C19H25NO5S2/c1-5-7-14(6-2)25-15-8-10-16(11-9-15)27(23,24)20-12-13-26-19(3,4)17(20)18(21)22/h8-11,14,17H,6,12-13H2,1-4H3,(H,21,22). The lowest BCUT2D eigenvalue weighted by atomic mass is 10.0. The van der Waals surface area contributed by atoms with Crippen LogP contribution in [0.2, 0.25) is 0 Å². The molecule has 0 aromatic heterocycles. The molecule has 2 unspecified atom stereocenters. The molecular formula is C19H25NO5S2. The fourth-order valence-electron chi connectivity index (χ4n) is 3.00. The highest BCUT2D eigenvalue weighted by molar-refractivity contribution is 8.00. The zero-order valence-electron chi connectivity index (χ0n) is 15.9. The third kappa shape index (κ3) is 4.78. The van der Waals surface area contributed by atoms with E-state index in [4.69, 9.17) is 4.74 Å². The number of hydrogen-bond donors (Lipinski definition) is 1. The number of rotatable bonds is 6. The van der Waals surface area contributed by atoms with Crippen molar-refractivity contribution in [3.63, 3.8) is 0 Å². The quantitative estimate of drug-likeness (QED) is 0.725. The van der Waals surface area contributed by atoms with Crippen LogP contribution in [0.5, 0.6) is 5.75 Å². The second-order valence-corrected chi connectivity index (χ2v) is 10.3. The van der Waals surface area contributed by atoms with E-state index in [0.717, 1.165) is 4.31 Å². The van der Waals surface area contributed by atoms with E-state index in [-0.39, 0.29) is 17.5 Å². The summed E-state index contributed by atoms with van der Waals surface area (Å²) in [6.45, 7) is 7.37. The molecule has 1 aromatic rings. The van der Waals surface area contributed by atoms with Gasteiger partial charge in [-0.1, -0.05) is 12.8 Å². The first-order valence-corrected chi connectivity index (χ1v) is 11.1. The maximum absolute atomic E-state index is 13.1. The third-order valence-electron chi connectivity index (χ3n) is 4.35. The predicted molar refractivity (Wildman–Crippen MR) is 106 cm³/mol. The molecule has 6 nitrogen and oxygen atoms in total. The van der Waals surface area contributed by atoms with Crippen LogP contribution >= 0.6 is 11.8 Å². The molecule has 1 N–H and O–H groups in total. The molecule has 148 valence electrons.